The fourth-order valence-corrected chi connectivity index (χ4v) is 3.41. The first-order valence-corrected chi connectivity index (χ1v) is 9.40. The van der Waals surface area contributed by atoms with Gasteiger partial charge in [-0.2, -0.15) is 0 Å². The summed E-state index contributed by atoms with van der Waals surface area (Å²) in [6.07, 6.45) is 2.73. The predicted octanol–water partition coefficient (Wildman–Crippen LogP) is 2.26. The minimum Gasteiger partial charge on any atom is -0.383 e. The van der Waals surface area contributed by atoms with E-state index in [1.165, 1.54) is 0 Å². The molecular formula is C20H26N4O3. The number of para-hydroxylation sites is 1. The summed E-state index contributed by atoms with van der Waals surface area (Å²) in [6.45, 7) is 4.02. The van der Waals surface area contributed by atoms with Crippen LogP contribution in [-0.2, 0) is 17.7 Å². The van der Waals surface area contributed by atoms with Gasteiger partial charge in [0, 0.05) is 32.4 Å². The Morgan fingerprint density at radius 1 is 1.26 bits per heavy atom. The number of hydrogen-bond acceptors (Lipinski definition) is 4. The van der Waals surface area contributed by atoms with Crippen molar-refractivity contribution in [3.8, 4) is 0 Å². The summed E-state index contributed by atoms with van der Waals surface area (Å²) in [6, 6.07) is 9.54. The number of benzene rings is 1. The molecule has 0 aliphatic carbocycles. The number of carbonyl (C=O) groups excluding carboxylic acids is 2. The zero-order valence-electron chi connectivity index (χ0n) is 15.9. The van der Waals surface area contributed by atoms with Gasteiger partial charge in [-0.15, -0.1) is 0 Å². The average Bonchev–Trinajstić information content (AvgIpc) is 3.09. The fourth-order valence-electron chi connectivity index (χ4n) is 3.41. The highest BCUT2D eigenvalue weighted by atomic mass is 16.5. The van der Waals surface area contributed by atoms with Gasteiger partial charge >= 0.3 is 0 Å². The number of methoxy groups -OCH3 is 1. The van der Waals surface area contributed by atoms with Gasteiger partial charge in [0.05, 0.1) is 12.3 Å². The van der Waals surface area contributed by atoms with Crippen LogP contribution in [0.1, 0.15) is 46.6 Å². The molecule has 3 rings (SSSR count). The van der Waals surface area contributed by atoms with Crippen molar-refractivity contribution in [2.24, 2.45) is 0 Å². The zero-order valence-corrected chi connectivity index (χ0v) is 15.9. The van der Waals surface area contributed by atoms with Crippen LogP contribution in [-0.4, -0.2) is 48.2 Å². The van der Waals surface area contributed by atoms with Crippen molar-refractivity contribution in [2.45, 2.75) is 32.7 Å². The van der Waals surface area contributed by atoms with Gasteiger partial charge in [0.15, 0.2) is 11.5 Å². The second-order valence-corrected chi connectivity index (χ2v) is 6.47. The molecule has 0 unspecified atom stereocenters. The lowest BCUT2D eigenvalue weighted by Crippen LogP contribution is -2.32. The van der Waals surface area contributed by atoms with Crippen molar-refractivity contribution in [3.05, 3.63) is 47.5 Å². The second kappa shape index (κ2) is 8.81. The minimum atomic E-state index is -0.267. The van der Waals surface area contributed by atoms with Crippen LogP contribution < -0.4 is 10.2 Å². The van der Waals surface area contributed by atoms with Crippen LogP contribution in [0.5, 0.6) is 0 Å². The van der Waals surface area contributed by atoms with Gasteiger partial charge in [0.25, 0.3) is 11.8 Å². The van der Waals surface area contributed by atoms with Crippen molar-refractivity contribution in [1.82, 2.24) is 14.9 Å². The van der Waals surface area contributed by atoms with E-state index < -0.39 is 0 Å². The number of hydrogen-bond donors (Lipinski definition) is 1. The summed E-state index contributed by atoms with van der Waals surface area (Å²) in [5.74, 6) is -0.115. The maximum Gasteiger partial charge on any atom is 0.287 e. The van der Waals surface area contributed by atoms with Crippen molar-refractivity contribution in [2.75, 3.05) is 31.7 Å². The molecule has 1 N–H and O–H groups in total. The number of nitrogens with zero attached hydrogens (tertiary/aromatic N) is 3. The summed E-state index contributed by atoms with van der Waals surface area (Å²) in [4.78, 5) is 32.0. The number of rotatable bonds is 7. The van der Waals surface area contributed by atoms with Crippen molar-refractivity contribution in [3.63, 3.8) is 0 Å². The third-order valence-corrected chi connectivity index (χ3v) is 4.74. The molecule has 0 spiro atoms. The number of aromatic nitrogens is 2. The fraction of sp³-hybridized carbons (Fsp3) is 0.450. The molecule has 0 saturated heterocycles. The number of amides is 2. The highest BCUT2D eigenvalue weighted by Gasteiger charge is 2.29. The Morgan fingerprint density at radius 2 is 2.04 bits per heavy atom. The minimum absolute atomic E-state index is 0.162. The Morgan fingerprint density at radius 3 is 2.74 bits per heavy atom. The van der Waals surface area contributed by atoms with Gasteiger partial charge in [0.2, 0.25) is 0 Å². The highest BCUT2D eigenvalue weighted by Crippen LogP contribution is 2.24. The number of ether oxygens (including phenoxy) is 1. The molecular weight excluding hydrogens is 344 g/mol. The van der Waals surface area contributed by atoms with E-state index in [1.807, 2.05) is 41.8 Å². The summed E-state index contributed by atoms with van der Waals surface area (Å²) in [7, 11) is 1.59. The Hall–Kier alpha value is -2.67. The van der Waals surface area contributed by atoms with E-state index in [1.54, 1.807) is 12.0 Å². The Kier molecular flexibility index (Phi) is 6.24. The van der Waals surface area contributed by atoms with E-state index >= 15 is 0 Å². The van der Waals surface area contributed by atoms with Crippen molar-refractivity contribution >= 4 is 17.5 Å². The molecule has 7 nitrogen and oxygen atoms in total. The van der Waals surface area contributed by atoms with Crippen LogP contribution in [0.4, 0.5) is 5.69 Å². The number of anilines is 1. The molecule has 7 heteroatoms. The van der Waals surface area contributed by atoms with Crippen molar-refractivity contribution in [1.29, 1.82) is 0 Å². The molecule has 0 atom stereocenters. The van der Waals surface area contributed by atoms with Crippen LogP contribution in [0.2, 0.25) is 0 Å². The molecule has 2 amide bonds. The number of fused-ring (bicyclic) bond motifs is 1. The van der Waals surface area contributed by atoms with Crippen molar-refractivity contribution < 1.29 is 14.3 Å². The van der Waals surface area contributed by atoms with Gasteiger partial charge in [0.1, 0.15) is 0 Å². The summed E-state index contributed by atoms with van der Waals surface area (Å²) < 4.78 is 6.88. The molecule has 0 bridgehead atoms. The third kappa shape index (κ3) is 4.03. The number of imidazole rings is 1. The summed E-state index contributed by atoms with van der Waals surface area (Å²) in [5.41, 5.74) is 2.07. The molecule has 2 aromatic rings. The Labute approximate surface area is 159 Å². The van der Waals surface area contributed by atoms with E-state index in [0.717, 1.165) is 30.6 Å². The standard InChI is InChI=1S/C20H26N4O3/c1-3-23(15-9-5-4-6-10-15)20(26)17-16-11-7-8-13-24(16)18(22-17)19(25)21-12-14-27-2/h4-6,9-10H,3,7-8,11-14H2,1-2H3,(H,21,25). The topological polar surface area (TPSA) is 76.5 Å². The van der Waals surface area contributed by atoms with E-state index in [2.05, 4.69) is 10.3 Å². The summed E-state index contributed by atoms with van der Waals surface area (Å²) >= 11 is 0. The van der Waals surface area contributed by atoms with Crippen LogP contribution in [0.15, 0.2) is 30.3 Å². The maximum atomic E-state index is 13.2. The van der Waals surface area contributed by atoms with Gasteiger partial charge in [-0.25, -0.2) is 4.98 Å². The molecule has 1 aliphatic rings. The van der Waals surface area contributed by atoms with Crippen LogP contribution >= 0.6 is 0 Å². The van der Waals surface area contributed by atoms with Crippen LogP contribution in [0.25, 0.3) is 0 Å². The van der Waals surface area contributed by atoms with E-state index in [-0.39, 0.29) is 11.8 Å². The average molecular weight is 370 g/mol. The molecule has 1 aromatic heterocycles. The smallest absolute Gasteiger partial charge is 0.287 e. The Balaban J connectivity index is 1.93. The maximum absolute atomic E-state index is 13.2. The van der Waals surface area contributed by atoms with E-state index in [0.29, 0.717) is 37.8 Å². The number of carbonyl (C=O) groups is 2. The van der Waals surface area contributed by atoms with Gasteiger partial charge in [-0.05, 0) is 38.3 Å². The van der Waals surface area contributed by atoms with Gasteiger partial charge < -0.3 is 19.5 Å². The lowest BCUT2D eigenvalue weighted by Gasteiger charge is -2.22. The monoisotopic (exact) mass is 370 g/mol. The highest BCUT2D eigenvalue weighted by molar-refractivity contribution is 6.06. The first-order chi connectivity index (χ1) is 13.2. The lowest BCUT2D eigenvalue weighted by atomic mass is 10.1. The lowest BCUT2D eigenvalue weighted by molar-refractivity contribution is 0.0921. The first-order valence-electron chi connectivity index (χ1n) is 9.40. The molecule has 2 heterocycles. The summed E-state index contributed by atoms with van der Waals surface area (Å²) in [5, 5.41) is 2.80. The molecule has 27 heavy (non-hydrogen) atoms. The molecule has 0 fully saturated rings. The number of nitrogens with one attached hydrogen (secondary N) is 1. The van der Waals surface area contributed by atoms with Crippen LogP contribution in [0.3, 0.4) is 0 Å². The molecule has 0 radical (unpaired) electrons. The van der Waals surface area contributed by atoms with Gasteiger partial charge in [-0.1, -0.05) is 18.2 Å². The third-order valence-electron chi connectivity index (χ3n) is 4.74. The second-order valence-electron chi connectivity index (χ2n) is 6.47. The molecule has 0 saturated carbocycles. The van der Waals surface area contributed by atoms with Crippen LogP contribution in [0, 0.1) is 0 Å². The predicted molar refractivity (Wildman–Crippen MR) is 103 cm³/mol. The van der Waals surface area contributed by atoms with E-state index in [4.69, 9.17) is 4.74 Å². The zero-order chi connectivity index (χ0) is 19.2. The van der Waals surface area contributed by atoms with E-state index in [9.17, 15) is 9.59 Å². The SMILES string of the molecule is CCN(C(=O)c1nc(C(=O)NCCOC)n2c1CCCC2)c1ccccc1. The quantitative estimate of drug-likeness (QED) is 0.759. The Bertz CT molecular complexity index is 801. The normalized spacial score (nSPS) is 13.1. The molecule has 1 aliphatic heterocycles. The van der Waals surface area contributed by atoms with Gasteiger partial charge in [-0.3, -0.25) is 9.59 Å². The molecule has 144 valence electrons. The first kappa shape index (κ1) is 19.1. The largest absolute Gasteiger partial charge is 0.383 e. The molecule has 1 aromatic carbocycles.